The number of amides is 2. The van der Waals surface area contributed by atoms with Crippen molar-refractivity contribution in [1.29, 1.82) is 0 Å². The molecule has 148 valence electrons. The molecule has 0 radical (unpaired) electrons. The third-order valence-corrected chi connectivity index (χ3v) is 5.95. The molecule has 0 aliphatic carbocycles. The molecule has 0 fully saturated rings. The Bertz CT molecular complexity index is 1020. The molecule has 3 rings (SSSR count). The van der Waals surface area contributed by atoms with Gasteiger partial charge in [0.1, 0.15) is 4.70 Å². The number of fused-ring (bicyclic) bond motifs is 1. The first kappa shape index (κ1) is 20.2. The number of carbonyl (C=O) groups excluding carboxylic acids is 2. The van der Waals surface area contributed by atoms with Crippen LogP contribution >= 0.6 is 23.1 Å². The zero-order valence-corrected chi connectivity index (χ0v) is 17.1. The highest BCUT2D eigenvalue weighted by atomic mass is 32.2. The van der Waals surface area contributed by atoms with Gasteiger partial charge in [0.2, 0.25) is 0 Å². The van der Waals surface area contributed by atoms with E-state index >= 15 is 0 Å². The average Bonchev–Trinajstić information content (AvgIpc) is 3.11. The monoisotopic (exact) mass is 420 g/mol. The van der Waals surface area contributed by atoms with Gasteiger partial charge in [-0.25, -0.2) is 14.6 Å². The Hall–Kier alpha value is -2.59. The number of rotatable bonds is 7. The van der Waals surface area contributed by atoms with E-state index in [1.807, 2.05) is 5.38 Å². The summed E-state index contributed by atoms with van der Waals surface area (Å²) in [6, 6.07) is 0.924. The van der Waals surface area contributed by atoms with E-state index in [0.717, 1.165) is 0 Å². The number of carbonyl (C=O) groups is 2. The van der Waals surface area contributed by atoms with Crippen molar-refractivity contribution in [2.45, 2.75) is 31.6 Å². The van der Waals surface area contributed by atoms with E-state index in [0.29, 0.717) is 33.2 Å². The van der Waals surface area contributed by atoms with Crippen molar-refractivity contribution in [3.8, 4) is 0 Å². The summed E-state index contributed by atoms with van der Waals surface area (Å²) in [5.74, 6) is -0.228. The number of allylic oxidation sites excluding steroid dienone is 1. The molecule has 2 amide bonds. The van der Waals surface area contributed by atoms with Gasteiger partial charge >= 0.3 is 12.0 Å². The predicted molar refractivity (Wildman–Crippen MR) is 110 cm³/mol. The second-order valence-corrected chi connectivity index (χ2v) is 7.81. The molecule has 1 unspecified atom stereocenters. The molecule has 0 bridgehead atoms. The fraction of sp³-hybridized carbons (Fsp3) is 0.333. The van der Waals surface area contributed by atoms with Gasteiger partial charge in [-0.05, 0) is 25.3 Å². The minimum Gasteiger partial charge on any atom is -0.463 e. The number of aromatic nitrogens is 2. The number of thiophene rings is 1. The fourth-order valence-corrected chi connectivity index (χ4v) is 4.61. The third-order valence-electron chi connectivity index (χ3n) is 4.05. The molecule has 2 aromatic rings. The van der Waals surface area contributed by atoms with Crippen LogP contribution in [0.25, 0.3) is 10.2 Å². The summed E-state index contributed by atoms with van der Waals surface area (Å²) in [7, 11) is 0. The zero-order chi connectivity index (χ0) is 20.3. The van der Waals surface area contributed by atoms with Crippen LogP contribution in [0.1, 0.15) is 13.8 Å². The van der Waals surface area contributed by atoms with Crippen LogP contribution in [0.3, 0.4) is 0 Å². The molecule has 8 nitrogen and oxygen atoms in total. The molecule has 2 aromatic heterocycles. The van der Waals surface area contributed by atoms with Gasteiger partial charge in [-0.2, -0.15) is 0 Å². The number of nitrogens with zero attached hydrogens (tertiary/aromatic N) is 2. The Morgan fingerprint density at radius 3 is 3.00 bits per heavy atom. The molecule has 1 atom stereocenters. The Morgan fingerprint density at radius 2 is 2.29 bits per heavy atom. The Morgan fingerprint density at radius 1 is 1.50 bits per heavy atom. The normalized spacial score (nSPS) is 16.6. The number of hydrogen-bond donors (Lipinski definition) is 2. The van der Waals surface area contributed by atoms with Gasteiger partial charge < -0.3 is 15.4 Å². The van der Waals surface area contributed by atoms with Crippen LogP contribution in [0.15, 0.2) is 45.3 Å². The first-order chi connectivity index (χ1) is 13.5. The topological polar surface area (TPSA) is 102 Å². The number of hydrogen-bond acceptors (Lipinski definition) is 7. The van der Waals surface area contributed by atoms with Crippen molar-refractivity contribution in [2.75, 3.05) is 12.4 Å². The highest BCUT2D eigenvalue weighted by Gasteiger charge is 2.30. The van der Waals surface area contributed by atoms with Crippen LogP contribution in [-0.4, -0.2) is 40.0 Å². The SMILES string of the molecule is C=CCn1c(SCC2=C(C(=O)OCC)C(C)NC(=O)N2)nc2ccsc2c1=O. The summed E-state index contributed by atoms with van der Waals surface area (Å²) in [5.41, 5.74) is 1.30. The molecule has 0 aromatic carbocycles. The minimum atomic E-state index is -0.483. The standard InChI is InChI=1S/C18H20N4O4S2/c1-4-7-22-15(23)14-11(6-8-27-14)21-18(22)28-9-12-13(16(24)26-5-2)10(3)19-17(25)20-12/h4,6,8,10H,1,5,7,9H2,2-3H3,(H2,19,20,25). The van der Waals surface area contributed by atoms with Gasteiger partial charge in [-0.1, -0.05) is 17.8 Å². The third kappa shape index (κ3) is 3.97. The van der Waals surface area contributed by atoms with Crippen molar-refractivity contribution < 1.29 is 14.3 Å². The summed E-state index contributed by atoms with van der Waals surface area (Å²) in [5, 5.41) is 7.65. The molecule has 0 saturated carbocycles. The Balaban J connectivity index is 1.96. The number of urea groups is 1. The van der Waals surface area contributed by atoms with Gasteiger partial charge in [-0.3, -0.25) is 9.36 Å². The fourth-order valence-electron chi connectivity index (χ4n) is 2.85. The molecule has 1 aliphatic heterocycles. The van der Waals surface area contributed by atoms with Crippen LogP contribution in [-0.2, 0) is 16.1 Å². The van der Waals surface area contributed by atoms with Gasteiger partial charge in [0, 0.05) is 18.0 Å². The Kier molecular flexibility index (Phi) is 6.20. The molecule has 3 heterocycles. The van der Waals surface area contributed by atoms with Gasteiger partial charge in [0.25, 0.3) is 5.56 Å². The van der Waals surface area contributed by atoms with Crippen molar-refractivity contribution in [3.63, 3.8) is 0 Å². The molecule has 2 N–H and O–H groups in total. The van der Waals surface area contributed by atoms with Gasteiger partial charge in [-0.15, -0.1) is 17.9 Å². The maximum Gasteiger partial charge on any atom is 0.337 e. The average molecular weight is 421 g/mol. The quantitative estimate of drug-likeness (QED) is 0.308. The van der Waals surface area contributed by atoms with E-state index < -0.39 is 12.0 Å². The van der Waals surface area contributed by atoms with E-state index in [2.05, 4.69) is 22.2 Å². The van der Waals surface area contributed by atoms with Crippen LogP contribution < -0.4 is 16.2 Å². The summed E-state index contributed by atoms with van der Waals surface area (Å²) < 4.78 is 7.24. The van der Waals surface area contributed by atoms with E-state index in [-0.39, 0.29) is 24.0 Å². The number of thioether (sulfide) groups is 1. The molecule has 28 heavy (non-hydrogen) atoms. The lowest BCUT2D eigenvalue weighted by molar-refractivity contribution is -0.138. The first-order valence-corrected chi connectivity index (χ1v) is 10.5. The summed E-state index contributed by atoms with van der Waals surface area (Å²) >= 11 is 2.61. The number of nitrogens with one attached hydrogen (secondary N) is 2. The maximum absolute atomic E-state index is 12.7. The van der Waals surface area contributed by atoms with Crippen molar-refractivity contribution in [3.05, 3.63) is 45.7 Å². The predicted octanol–water partition coefficient (Wildman–Crippen LogP) is 2.25. The number of ether oxygens (including phenoxy) is 1. The van der Waals surface area contributed by atoms with Crippen LogP contribution in [0.5, 0.6) is 0 Å². The van der Waals surface area contributed by atoms with E-state index in [4.69, 9.17) is 4.74 Å². The van der Waals surface area contributed by atoms with Crippen molar-refractivity contribution in [1.82, 2.24) is 20.2 Å². The smallest absolute Gasteiger partial charge is 0.337 e. The zero-order valence-electron chi connectivity index (χ0n) is 15.5. The van der Waals surface area contributed by atoms with Crippen LogP contribution in [0.4, 0.5) is 4.79 Å². The van der Waals surface area contributed by atoms with E-state index in [1.165, 1.54) is 27.7 Å². The molecule has 1 aliphatic rings. The summed E-state index contributed by atoms with van der Waals surface area (Å²) in [4.78, 5) is 41.5. The molecule has 0 spiro atoms. The second-order valence-electron chi connectivity index (χ2n) is 5.96. The maximum atomic E-state index is 12.7. The molecule has 0 saturated heterocycles. The first-order valence-electron chi connectivity index (χ1n) is 8.65. The lowest BCUT2D eigenvalue weighted by Gasteiger charge is -2.26. The van der Waals surface area contributed by atoms with Crippen LogP contribution in [0.2, 0.25) is 0 Å². The van der Waals surface area contributed by atoms with E-state index in [1.54, 1.807) is 26.0 Å². The van der Waals surface area contributed by atoms with Gasteiger partial charge in [0.05, 0.1) is 23.7 Å². The molecular weight excluding hydrogens is 400 g/mol. The van der Waals surface area contributed by atoms with E-state index in [9.17, 15) is 14.4 Å². The largest absolute Gasteiger partial charge is 0.463 e. The lowest BCUT2D eigenvalue weighted by atomic mass is 10.1. The van der Waals surface area contributed by atoms with Crippen molar-refractivity contribution in [2.24, 2.45) is 0 Å². The molecular formula is C18H20N4O4S2. The second kappa shape index (κ2) is 8.61. The summed E-state index contributed by atoms with van der Waals surface area (Å²) in [6.07, 6.45) is 1.63. The highest BCUT2D eigenvalue weighted by molar-refractivity contribution is 7.99. The van der Waals surface area contributed by atoms with Crippen molar-refractivity contribution >= 4 is 45.3 Å². The lowest BCUT2D eigenvalue weighted by Crippen LogP contribution is -2.49. The number of esters is 1. The highest BCUT2D eigenvalue weighted by Crippen LogP contribution is 2.25. The molecule has 10 heteroatoms. The van der Waals surface area contributed by atoms with Gasteiger partial charge in [0.15, 0.2) is 5.16 Å². The van der Waals surface area contributed by atoms with Crippen LogP contribution in [0, 0.1) is 0 Å². The Labute approximate surface area is 169 Å². The summed E-state index contributed by atoms with van der Waals surface area (Å²) in [6.45, 7) is 7.70. The minimum absolute atomic E-state index is 0.135.